The van der Waals surface area contributed by atoms with E-state index in [-0.39, 0.29) is 61.8 Å². The number of carboxylic acids is 2. The Morgan fingerprint density at radius 2 is 1.27 bits per heavy atom. The van der Waals surface area contributed by atoms with E-state index in [0.29, 0.717) is 133 Å². The average Bonchev–Trinajstić information content (AvgIpc) is 3.80. The van der Waals surface area contributed by atoms with Crippen LogP contribution in [0.15, 0.2) is 41.4 Å². The second kappa shape index (κ2) is 27.6. The summed E-state index contributed by atoms with van der Waals surface area (Å²) in [5.41, 5.74) is 11.6. The first-order chi connectivity index (χ1) is 31.6. The highest BCUT2D eigenvalue weighted by atomic mass is 16.4. The number of carbonyl (C=O) groups is 7. The molecule has 2 aliphatic rings. The number of carboxylic acid groups (broad SMARTS) is 2. The Morgan fingerprint density at radius 1 is 0.712 bits per heavy atom. The van der Waals surface area contributed by atoms with Crippen molar-refractivity contribution in [1.29, 1.82) is 0 Å². The smallest absolute Gasteiger partial charge is 0.475 e. The number of aliphatic carboxylic acids is 2. The van der Waals surface area contributed by atoms with Gasteiger partial charge in [-0.3, -0.25) is 48.4 Å². The van der Waals surface area contributed by atoms with Crippen LogP contribution >= 0.6 is 0 Å². The zero-order valence-corrected chi connectivity index (χ0v) is 37.5. The zero-order valence-electron chi connectivity index (χ0n) is 37.5. The summed E-state index contributed by atoms with van der Waals surface area (Å²) >= 11 is 0. The standard InChI is InChI=1S/C43H66BN11O11/c45-43(46)49-18-6-11-34(51-36(56)13-8-19-52-21-23-53(28-38(58)59)25-26-54(24-22-52)29-39(60)61)42(64)48-17-5-1-4-16-47-40(62)32-14-15-33(31-10-3-2-9-30(31)32)41(63)50-27-37(57)55-20-7-12-35(55)44(65)66/h2-3,9-10,14-15,34-35,65-66H,1,4-8,11-13,16-29H2,(H,47,62)(H,48,64)(H,50,63)(H,51,56)(H,58,59)(H,60,61)(H4,45,46,49). The van der Waals surface area contributed by atoms with Crippen LogP contribution in [0.5, 0.6) is 0 Å². The van der Waals surface area contributed by atoms with Crippen LogP contribution in [0, 0.1) is 0 Å². The number of guanidine groups is 1. The molecule has 5 amide bonds. The lowest BCUT2D eigenvalue weighted by atomic mass is 9.78. The largest absolute Gasteiger partial charge is 0.480 e. The number of rotatable bonds is 25. The number of hydrogen-bond donors (Lipinski definition) is 10. The fraction of sp³-hybridized carbons (Fsp3) is 0.581. The number of likely N-dealkylation sites (tertiary alicyclic amines) is 1. The van der Waals surface area contributed by atoms with Gasteiger partial charge in [0.25, 0.3) is 11.8 Å². The molecule has 0 saturated carbocycles. The van der Waals surface area contributed by atoms with Gasteiger partial charge in [-0.15, -0.1) is 0 Å². The molecule has 2 heterocycles. The van der Waals surface area contributed by atoms with Gasteiger partial charge in [0.1, 0.15) is 6.04 Å². The Bertz CT molecular complexity index is 1980. The van der Waals surface area contributed by atoms with Crippen LogP contribution in [-0.2, 0) is 24.0 Å². The number of amides is 5. The molecule has 362 valence electrons. The molecular formula is C43H66BN11O11. The molecule has 4 rings (SSSR count). The first kappa shape index (κ1) is 52.7. The minimum absolute atomic E-state index is 0.0786. The lowest BCUT2D eigenvalue weighted by Gasteiger charge is -2.25. The van der Waals surface area contributed by atoms with Crippen LogP contribution in [0.4, 0.5) is 0 Å². The summed E-state index contributed by atoms with van der Waals surface area (Å²) in [6, 6.07) is 9.22. The molecule has 0 spiro atoms. The normalized spacial score (nSPS) is 16.6. The molecular weight excluding hydrogens is 857 g/mol. The molecule has 2 aromatic carbocycles. The number of fused-ring (bicyclic) bond motifs is 1. The molecule has 12 N–H and O–H groups in total. The van der Waals surface area contributed by atoms with Crippen molar-refractivity contribution in [2.75, 3.05) is 91.6 Å². The van der Waals surface area contributed by atoms with E-state index in [2.05, 4.69) is 31.2 Å². The summed E-state index contributed by atoms with van der Waals surface area (Å²) in [5, 5.41) is 50.2. The number of unbranched alkanes of at least 4 members (excludes halogenated alkanes) is 2. The minimum Gasteiger partial charge on any atom is -0.480 e. The Hall–Kier alpha value is -5.88. The van der Waals surface area contributed by atoms with Crippen molar-refractivity contribution < 1.29 is 53.8 Å². The van der Waals surface area contributed by atoms with Gasteiger partial charge in [0, 0.05) is 83.0 Å². The average molecular weight is 924 g/mol. The summed E-state index contributed by atoms with van der Waals surface area (Å²) in [6.07, 6.45) is 4.32. The highest BCUT2D eigenvalue weighted by Crippen LogP contribution is 2.24. The summed E-state index contributed by atoms with van der Waals surface area (Å²) in [4.78, 5) is 99.3. The lowest BCUT2D eigenvalue weighted by molar-refractivity contribution is -0.140. The molecule has 0 radical (unpaired) electrons. The van der Waals surface area contributed by atoms with E-state index in [1.165, 1.54) is 11.0 Å². The molecule has 22 nitrogen and oxygen atoms in total. The van der Waals surface area contributed by atoms with Crippen LogP contribution in [0.2, 0.25) is 0 Å². The van der Waals surface area contributed by atoms with Gasteiger partial charge in [-0.05, 0) is 80.8 Å². The van der Waals surface area contributed by atoms with E-state index in [9.17, 15) is 53.8 Å². The summed E-state index contributed by atoms with van der Waals surface area (Å²) in [5.74, 6) is -4.64. The Balaban J connectivity index is 1.21. The summed E-state index contributed by atoms with van der Waals surface area (Å²) in [7, 11) is -1.66. The van der Waals surface area contributed by atoms with Crippen molar-refractivity contribution in [3.05, 3.63) is 47.5 Å². The SMILES string of the molecule is NC(N)=NCCCC(NC(=O)CCCN1CCN(CC(=O)O)CCN(CC(=O)O)CC1)C(=O)NCCCCCNC(=O)c1ccc(C(=O)NCC(=O)N2CCCC2B(O)O)c2ccccc12. The van der Waals surface area contributed by atoms with Gasteiger partial charge in [0.2, 0.25) is 17.7 Å². The van der Waals surface area contributed by atoms with Crippen LogP contribution in [0.1, 0.15) is 78.5 Å². The van der Waals surface area contributed by atoms with Crippen LogP contribution in [0.25, 0.3) is 10.8 Å². The van der Waals surface area contributed by atoms with Gasteiger partial charge in [-0.2, -0.15) is 0 Å². The molecule has 23 heteroatoms. The minimum atomic E-state index is -1.66. The Labute approximate surface area is 384 Å². The summed E-state index contributed by atoms with van der Waals surface area (Å²) in [6.45, 7) is 4.15. The van der Waals surface area contributed by atoms with E-state index >= 15 is 0 Å². The van der Waals surface area contributed by atoms with Gasteiger partial charge in [0.15, 0.2) is 5.96 Å². The van der Waals surface area contributed by atoms with Gasteiger partial charge < -0.3 is 62.8 Å². The molecule has 2 saturated heterocycles. The fourth-order valence-corrected chi connectivity index (χ4v) is 8.13. The zero-order chi connectivity index (χ0) is 48.0. The van der Waals surface area contributed by atoms with Crippen molar-refractivity contribution in [3.8, 4) is 0 Å². The van der Waals surface area contributed by atoms with Gasteiger partial charge >= 0.3 is 19.1 Å². The van der Waals surface area contributed by atoms with Crippen molar-refractivity contribution >= 4 is 65.3 Å². The maximum Gasteiger partial charge on any atom is 0.475 e. The first-order valence-electron chi connectivity index (χ1n) is 22.6. The third-order valence-electron chi connectivity index (χ3n) is 11.6. The van der Waals surface area contributed by atoms with Crippen molar-refractivity contribution in [2.45, 2.75) is 69.8 Å². The highest BCUT2D eigenvalue weighted by molar-refractivity contribution is 6.43. The lowest BCUT2D eigenvalue weighted by Crippen LogP contribution is -2.48. The van der Waals surface area contributed by atoms with Crippen molar-refractivity contribution in [3.63, 3.8) is 0 Å². The van der Waals surface area contributed by atoms with Crippen molar-refractivity contribution in [1.82, 2.24) is 40.9 Å². The second-order valence-electron chi connectivity index (χ2n) is 16.6. The molecule has 0 aromatic heterocycles. The molecule has 2 atom stereocenters. The van der Waals surface area contributed by atoms with E-state index < -0.39 is 42.9 Å². The predicted octanol–water partition coefficient (Wildman–Crippen LogP) is -2.00. The van der Waals surface area contributed by atoms with Gasteiger partial charge in [-0.1, -0.05) is 24.3 Å². The number of aliphatic imine (C=N–C) groups is 1. The number of benzene rings is 2. The number of nitrogens with one attached hydrogen (secondary N) is 4. The highest BCUT2D eigenvalue weighted by Gasteiger charge is 2.36. The van der Waals surface area contributed by atoms with Crippen LogP contribution in [-0.4, -0.2) is 198 Å². The van der Waals surface area contributed by atoms with Crippen LogP contribution in [0.3, 0.4) is 0 Å². The van der Waals surface area contributed by atoms with E-state index in [1.807, 2.05) is 0 Å². The first-order valence-corrected chi connectivity index (χ1v) is 22.6. The third-order valence-corrected chi connectivity index (χ3v) is 11.6. The molecule has 0 bridgehead atoms. The van der Waals surface area contributed by atoms with Gasteiger partial charge in [-0.25, -0.2) is 0 Å². The van der Waals surface area contributed by atoms with E-state index in [0.717, 1.165) is 0 Å². The number of nitrogens with two attached hydrogens (primary N) is 2. The molecule has 66 heavy (non-hydrogen) atoms. The van der Waals surface area contributed by atoms with Gasteiger partial charge in [0.05, 0.1) is 25.6 Å². The molecule has 0 aliphatic carbocycles. The number of nitrogens with zero attached hydrogens (tertiary/aromatic N) is 5. The topological polar surface area (TPSA) is 326 Å². The Morgan fingerprint density at radius 3 is 1.83 bits per heavy atom. The number of carbonyl (C=O) groups excluding carboxylic acids is 5. The maximum absolute atomic E-state index is 13.3. The molecule has 2 aliphatic heterocycles. The third kappa shape index (κ3) is 17.8. The fourth-order valence-electron chi connectivity index (χ4n) is 8.13. The van der Waals surface area contributed by atoms with E-state index in [4.69, 9.17) is 11.5 Å². The summed E-state index contributed by atoms with van der Waals surface area (Å²) < 4.78 is 0. The second-order valence-corrected chi connectivity index (χ2v) is 16.6. The quantitative estimate of drug-likeness (QED) is 0.0223. The number of hydrogen-bond acceptors (Lipinski definition) is 13. The monoisotopic (exact) mass is 924 g/mol. The predicted molar refractivity (Wildman–Crippen MR) is 246 cm³/mol. The molecule has 2 unspecified atom stereocenters. The Kier molecular flexibility index (Phi) is 22.0. The maximum atomic E-state index is 13.3. The van der Waals surface area contributed by atoms with Crippen molar-refractivity contribution in [2.24, 2.45) is 16.5 Å². The molecule has 2 aromatic rings. The van der Waals surface area contributed by atoms with E-state index in [1.54, 1.807) is 40.1 Å². The van der Waals surface area contributed by atoms with Crippen LogP contribution < -0.4 is 32.7 Å². The molecule has 2 fully saturated rings.